The minimum Gasteiger partial charge on any atom is -0.488 e. The highest BCUT2D eigenvalue weighted by Crippen LogP contribution is 2.30. The molecule has 156 valence electrons. The fourth-order valence-electron chi connectivity index (χ4n) is 3.00. The molecule has 3 aromatic carbocycles. The van der Waals surface area contributed by atoms with E-state index in [1.54, 1.807) is 42.5 Å². The number of rotatable bonds is 5. The molecule has 2 amide bonds. The number of halogens is 3. The largest absolute Gasteiger partial charge is 0.488 e. The van der Waals surface area contributed by atoms with Crippen LogP contribution in [-0.2, 0) is 16.2 Å². The van der Waals surface area contributed by atoms with E-state index >= 15 is 0 Å². The van der Waals surface area contributed by atoms with Crippen molar-refractivity contribution in [1.82, 2.24) is 5.43 Å². The lowest BCUT2D eigenvalue weighted by atomic mass is 10.1. The number of para-hydroxylation sites is 1. The van der Waals surface area contributed by atoms with Gasteiger partial charge in [-0.25, -0.2) is 5.01 Å². The summed E-state index contributed by atoms with van der Waals surface area (Å²) in [6.07, 6.45) is 1.57. The molecule has 1 heterocycles. The molecule has 0 aliphatic carbocycles. The van der Waals surface area contributed by atoms with Crippen LogP contribution < -0.4 is 15.2 Å². The Balaban J connectivity index is 1.50. The average Bonchev–Trinajstić information content (AvgIpc) is 3.03. The van der Waals surface area contributed by atoms with E-state index in [-0.39, 0.29) is 5.57 Å². The zero-order valence-electron chi connectivity index (χ0n) is 15.9. The normalized spacial score (nSPS) is 14.8. The molecule has 0 spiro atoms. The Morgan fingerprint density at radius 3 is 2.39 bits per heavy atom. The number of carbonyl (C=O) groups excluding carboxylic acids is 2. The molecule has 0 bridgehead atoms. The van der Waals surface area contributed by atoms with Gasteiger partial charge >= 0.3 is 0 Å². The summed E-state index contributed by atoms with van der Waals surface area (Å²) in [6, 6.07) is 20.3. The number of nitrogens with zero attached hydrogens (tertiary/aromatic N) is 1. The minimum atomic E-state index is -0.439. The highest BCUT2D eigenvalue weighted by atomic mass is 79.9. The van der Waals surface area contributed by atoms with Crippen LogP contribution in [0.3, 0.4) is 0 Å². The van der Waals surface area contributed by atoms with Gasteiger partial charge in [0, 0.05) is 14.5 Å². The zero-order chi connectivity index (χ0) is 22.0. The van der Waals surface area contributed by atoms with E-state index in [4.69, 9.17) is 4.74 Å². The summed E-state index contributed by atoms with van der Waals surface area (Å²) < 4.78 is 8.58. The Morgan fingerprint density at radius 1 is 0.903 bits per heavy atom. The first-order valence-electron chi connectivity index (χ1n) is 9.21. The molecule has 0 aromatic heterocycles. The monoisotopic (exact) mass is 604 g/mol. The van der Waals surface area contributed by atoms with Crippen LogP contribution >= 0.6 is 47.8 Å². The van der Waals surface area contributed by atoms with Gasteiger partial charge in [-0.3, -0.25) is 15.0 Å². The van der Waals surface area contributed by atoms with Gasteiger partial charge in [0.1, 0.15) is 17.9 Å². The Kier molecular flexibility index (Phi) is 6.60. The Hall–Kier alpha value is -2.42. The van der Waals surface area contributed by atoms with Crippen molar-refractivity contribution >= 4 is 71.4 Å². The number of hydrazine groups is 1. The Labute approximate surface area is 204 Å². The number of hydrogen-bond donors (Lipinski definition) is 1. The lowest BCUT2D eigenvalue weighted by Gasteiger charge is -2.13. The molecule has 0 radical (unpaired) electrons. The molecule has 0 saturated carbocycles. The third kappa shape index (κ3) is 4.92. The molecule has 0 atom stereocenters. The summed E-state index contributed by atoms with van der Waals surface area (Å²) in [5.41, 5.74) is 4.99. The van der Waals surface area contributed by atoms with Crippen LogP contribution in [0.2, 0.25) is 0 Å². The number of carbonyl (C=O) groups is 2. The molecular formula is C23H15Br3N2O3. The molecule has 0 unspecified atom stereocenters. The van der Waals surface area contributed by atoms with Gasteiger partial charge in [0.05, 0.1) is 10.2 Å². The van der Waals surface area contributed by atoms with Crippen molar-refractivity contribution in [3.8, 4) is 5.75 Å². The van der Waals surface area contributed by atoms with Crippen LogP contribution in [0, 0.1) is 0 Å². The van der Waals surface area contributed by atoms with Crippen molar-refractivity contribution in [2.24, 2.45) is 0 Å². The van der Waals surface area contributed by atoms with Gasteiger partial charge in [-0.2, -0.15) is 0 Å². The third-order valence-corrected chi connectivity index (χ3v) is 6.42. The summed E-state index contributed by atoms with van der Waals surface area (Å²) in [4.78, 5) is 25.1. The topological polar surface area (TPSA) is 58.6 Å². The van der Waals surface area contributed by atoms with Crippen molar-refractivity contribution in [1.29, 1.82) is 0 Å². The number of hydrogen-bond acceptors (Lipinski definition) is 3. The number of nitrogens with one attached hydrogen (secondary N) is 1. The van der Waals surface area contributed by atoms with Gasteiger partial charge in [0.15, 0.2) is 0 Å². The smallest absolute Gasteiger partial charge is 0.282 e. The molecule has 3 aromatic rings. The molecule has 1 aliphatic rings. The van der Waals surface area contributed by atoms with Gasteiger partial charge in [0.2, 0.25) is 0 Å². The highest BCUT2D eigenvalue weighted by Gasteiger charge is 2.34. The molecule has 31 heavy (non-hydrogen) atoms. The van der Waals surface area contributed by atoms with Crippen LogP contribution in [0.15, 0.2) is 85.7 Å². The first-order chi connectivity index (χ1) is 14.9. The van der Waals surface area contributed by atoms with Crippen LogP contribution in [0.25, 0.3) is 6.08 Å². The molecule has 4 rings (SSSR count). The summed E-state index contributed by atoms with van der Waals surface area (Å²) in [6.45, 7) is 0.389. The number of amides is 2. The lowest BCUT2D eigenvalue weighted by Crippen LogP contribution is -2.35. The van der Waals surface area contributed by atoms with Crippen LogP contribution in [0.4, 0.5) is 5.69 Å². The van der Waals surface area contributed by atoms with E-state index in [0.717, 1.165) is 19.0 Å². The molecule has 1 fully saturated rings. The van der Waals surface area contributed by atoms with Crippen molar-refractivity contribution in [3.05, 3.63) is 96.8 Å². The third-order valence-electron chi connectivity index (χ3n) is 4.57. The maximum Gasteiger partial charge on any atom is 0.282 e. The van der Waals surface area contributed by atoms with E-state index in [0.29, 0.717) is 23.6 Å². The number of ether oxygens (including phenoxy) is 1. The molecule has 1 saturated heterocycles. The van der Waals surface area contributed by atoms with Gasteiger partial charge in [0.25, 0.3) is 11.8 Å². The molecule has 1 N–H and O–H groups in total. The van der Waals surface area contributed by atoms with Gasteiger partial charge in [-0.1, -0.05) is 62.2 Å². The first kappa shape index (κ1) is 21.8. The van der Waals surface area contributed by atoms with E-state index in [9.17, 15) is 9.59 Å². The van der Waals surface area contributed by atoms with E-state index in [1.165, 1.54) is 5.01 Å². The van der Waals surface area contributed by atoms with Crippen molar-refractivity contribution < 1.29 is 14.3 Å². The number of benzene rings is 3. The SMILES string of the molecule is O=C1NN(c2ccccc2)C(=O)/C1=C\c1ccc(OCc2ccc(Br)cc2Br)c(Br)c1. The van der Waals surface area contributed by atoms with Crippen LogP contribution in [-0.4, -0.2) is 11.8 Å². The summed E-state index contributed by atoms with van der Waals surface area (Å²) in [5, 5.41) is 1.25. The zero-order valence-corrected chi connectivity index (χ0v) is 20.7. The Morgan fingerprint density at radius 2 is 1.68 bits per heavy atom. The first-order valence-corrected chi connectivity index (χ1v) is 11.6. The van der Waals surface area contributed by atoms with E-state index in [1.807, 2.05) is 30.3 Å². The van der Waals surface area contributed by atoms with Gasteiger partial charge in [-0.05, 0) is 64.0 Å². The average molecular weight is 607 g/mol. The second-order valence-corrected chi connectivity index (χ2v) is 9.31. The van der Waals surface area contributed by atoms with Gasteiger partial charge < -0.3 is 4.74 Å². The van der Waals surface area contributed by atoms with Crippen molar-refractivity contribution in [2.75, 3.05) is 5.01 Å². The molecule has 5 nitrogen and oxygen atoms in total. The van der Waals surface area contributed by atoms with E-state index in [2.05, 4.69) is 53.2 Å². The fourth-order valence-corrected chi connectivity index (χ4v) is 4.67. The van der Waals surface area contributed by atoms with Crippen LogP contribution in [0.1, 0.15) is 11.1 Å². The van der Waals surface area contributed by atoms with E-state index < -0.39 is 11.8 Å². The molecular weight excluding hydrogens is 592 g/mol. The maximum atomic E-state index is 12.7. The number of anilines is 1. The van der Waals surface area contributed by atoms with Crippen molar-refractivity contribution in [3.63, 3.8) is 0 Å². The second kappa shape index (κ2) is 9.38. The predicted octanol–water partition coefficient (Wildman–Crippen LogP) is 6.01. The predicted molar refractivity (Wildman–Crippen MR) is 130 cm³/mol. The Bertz CT molecular complexity index is 1200. The molecule has 1 aliphatic heterocycles. The van der Waals surface area contributed by atoms with Gasteiger partial charge in [-0.15, -0.1) is 0 Å². The maximum absolute atomic E-state index is 12.7. The second-order valence-electron chi connectivity index (χ2n) is 6.69. The molecule has 8 heteroatoms. The minimum absolute atomic E-state index is 0.0724. The summed E-state index contributed by atoms with van der Waals surface area (Å²) in [5.74, 6) is -0.178. The summed E-state index contributed by atoms with van der Waals surface area (Å²) >= 11 is 10.5. The quantitative estimate of drug-likeness (QED) is 0.286. The lowest BCUT2D eigenvalue weighted by molar-refractivity contribution is -0.117. The highest BCUT2D eigenvalue weighted by molar-refractivity contribution is 9.11. The van der Waals surface area contributed by atoms with Crippen molar-refractivity contribution in [2.45, 2.75) is 6.61 Å². The fraction of sp³-hybridized carbons (Fsp3) is 0.0435. The van der Waals surface area contributed by atoms with Crippen LogP contribution in [0.5, 0.6) is 5.75 Å². The summed E-state index contributed by atoms with van der Waals surface area (Å²) in [7, 11) is 0. The standard InChI is InChI=1S/C23H15Br3N2O3/c24-16-8-7-15(19(25)12-16)13-31-21-9-6-14(11-20(21)26)10-18-22(29)27-28(23(18)30)17-4-2-1-3-5-17/h1-12H,13H2,(H,27,29)/b18-10-.